The second kappa shape index (κ2) is 5.80. The first-order valence-corrected chi connectivity index (χ1v) is 7.44. The number of nitrogens with one attached hydrogen (secondary N) is 1. The molecule has 0 aliphatic carbocycles. The molecule has 0 radical (unpaired) electrons. The molecule has 1 saturated heterocycles. The van der Waals surface area contributed by atoms with Crippen molar-refractivity contribution in [3.8, 4) is 0 Å². The molecule has 1 aliphatic heterocycles. The molecule has 1 heterocycles. The molecule has 1 N–H and O–H groups in total. The zero-order valence-electron chi connectivity index (χ0n) is 13.4. The van der Waals surface area contributed by atoms with Crippen molar-refractivity contribution in [1.29, 1.82) is 0 Å². The Kier molecular flexibility index (Phi) is 5.02. The number of rotatable bonds is 4. The van der Waals surface area contributed by atoms with Crippen LogP contribution in [0.5, 0.6) is 0 Å². The molecular formula is C15H30N2O2. The second-order valence-electron chi connectivity index (χ2n) is 7.22. The van der Waals surface area contributed by atoms with E-state index < -0.39 is 0 Å². The zero-order chi connectivity index (χ0) is 14.8. The Balaban J connectivity index is 2.90. The number of hydrogen-bond donors (Lipinski definition) is 1. The first-order chi connectivity index (χ1) is 8.62. The van der Waals surface area contributed by atoms with Crippen LogP contribution in [0.2, 0.25) is 0 Å². The van der Waals surface area contributed by atoms with Crippen molar-refractivity contribution in [3.63, 3.8) is 0 Å². The van der Waals surface area contributed by atoms with Crippen LogP contribution in [0, 0.1) is 5.21 Å². The average Bonchev–Trinajstić information content (AvgIpc) is 2.25. The summed E-state index contributed by atoms with van der Waals surface area (Å²) in [5.74, 6) is 0.138. The van der Waals surface area contributed by atoms with E-state index in [9.17, 15) is 10.0 Å². The highest BCUT2D eigenvalue weighted by atomic mass is 16.5. The molecule has 0 bridgehead atoms. The third-order valence-corrected chi connectivity index (χ3v) is 4.32. The van der Waals surface area contributed by atoms with E-state index in [4.69, 9.17) is 0 Å². The molecule has 4 heteroatoms. The van der Waals surface area contributed by atoms with Gasteiger partial charge in [0.1, 0.15) is 0 Å². The van der Waals surface area contributed by atoms with Crippen molar-refractivity contribution >= 4 is 5.91 Å². The van der Waals surface area contributed by atoms with Gasteiger partial charge in [0.05, 0.1) is 11.1 Å². The maximum Gasteiger partial charge on any atom is 0.219 e. The molecule has 0 aromatic heterocycles. The molecule has 0 unspecified atom stereocenters. The highest BCUT2D eigenvalue weighted by Gasteiger charge is 2.47. The lowest BCUT2D eigenvalue weighted by Crippen LogP contribution is -3.23. The van der Waals surface area contributed by atoms with Crippen molar-refractivity contribution in [3.05, 3.63) is 5.21 Å². The molecule has 0 spiro atoms. The molecule has 1 rings (SSSR count). The smallest absolute Gasteiger partial charge is 0.219 e. The molecule has 1 amide bonds. The van der Waals surface area contributed by atoms with Crippen LogP contribution in [0.1, 0.15) is 67.2 Å². The number of piperidine rings is 1. The van der Waals surface area contributed by atoms with Crippen LogP contribution in [0.25, 0.3) is 0 Å². The molecule has 112 valence electrons. The van der Waals surface area contributed by atoms with Gasteiger partial charge in [0.15, 0.2) is 0 Å². The summed E-state index contributed by atoms with van der Waals surface area (Å²) < 4.78 is 0. The first kappa shape index (κ1) is 16.4. The fourth-order valence-electron chi connectivity index (χ4n) is 3.50. The van der Waals surface area contributed by atoms with Gasteiger partial charge in [0.25, 0.3) is 0 Å². The van der Waals surface area contributed by atoms with Gasteiger partial charge in [-0.25, -0.2) is 0 Å². The van der Waals surface area contributed by atoms with Crippen molar-refractivity contribution in [2.45, 2.75) is 84.3 Å². The normalized spacial score (nSPS) is 29.0. The molecule has 1 fully saturated rings. The lowest BCUT2D eigenvalue weighted by atomic mass is 9.78. The number of hydroxylamine groups is 2. The van der Waals surface area contributed by atoms with Gasteiger partial charge in [-0.3, -0.25) is 4.79 Å². The number of amides is 1. The van der Waals surface area contributed by atoms with Crippen molar-refractivity contribution in [1.82, 2.24) is 4.90 Å². The minimum atomic E-state index is -0.327. The molecule has 0 saturated carbocycles. The van der Waals surface area contributed by atoms with E-state index in [1.165, 1.54) is 0 Å². The Morgan fingerprint density at radius 3 is 2.11 bits per heavy atom. The predicted octanol–water partition coefficient (Wildman–Crippen LogP) is 1.74. The molecule has 0 aromatic carbocycles. The Hall–Kier alpha value is -0.610. The van der Waals surface area contributed by atoms with Gasteiger partial charge < -0.3 is 15.2 Å². The monoisotopic (exact) mass is 270 g/mol. The minimum Gasteiger partial charge on any atom is -0.634 e. The van der Waals surface area contributed by atoms with Gasteiger partial charge in [-0.05, 0) is 34.1 Å². The summed E-state index contributed by atoms with van der Waals surface area (Å²) in [6.45, 7) is 12.7. The summed E-state index contributed by atoms with van der Waals surface area (Å²) in [5, 5.41) is 12.7. The lowest BCUT2D eigenvalue weighted by molar-refractivity contribution is -0.955. The summed E-state index contributed by atoms with van der Waals surface area (Å²) in [5.41, 5.74) is -0.654. The third kappa shape index (κ3) is 3.69. The largest absolute Gasteiger partial charge is 0.634 e. The van der Waals surface area contributed by atoms with Crippen LogP contribution < -0.4 is 5.06 Å². The summed E-state index contributed by atoms with van der Waals surface area (Å²) in [6.07, 6.45) is 3.70. The van der Waals surface area contributed by atoms with E-state index in [2.05, 4.69) is 6.92 Å². The fraction of sp³-hybridized carbons (Fsp3) is 0.933. The van der Waals surface area contributed by atoms with Gasteiger partial charge in [-0.1, -0.05) is 13.3 Å². The fourth-order valence-corrected chi connectivity index (χ4v) is 3.50. The number of nitrogens with zero attached hydrogens (tertiary/aromatic N) is 1. The van der Waals surface area contributed by atoms with Gasteiger partial charge >= 0.3 is 0 Å². The van der Waals surface area contributed by atoms with E-state index in [1.54, 1.807) is 6.92 Å². The Morgan fingerprint density at radius 2 is 1.74 bits per heavy atom. The third-order valence-electron chi connectivity index (χ3n) is 4.32. The van der Waals surface area contributed by atoms with Gasteiger partial charge in [0.2, 0.25) is 5.91 Å². The van der Waals surface area contributed by atoms with Crippen LogP contribution >= 0.6 is 0 Å². The number of quaternary nitrogens is 1. The van der Waals surface area contributed by atoms with Gasteiger partial charge in [-0.15, -0.1) is 0 Å². The van der Waals surface area contributed by atoms with E-state index in [1.807, 2.05) is 32.6 Å². The number of hydrogen-bond acceptors (Lipinski definition) is 2. The van der Waals surface area contributed by atoms with Crippen molar-refractivity contribution in [2.24, 2.45) is 0 Å². The lowest BCUT2D eigenvalue weighted by Gasteiger charge is -2.56. The van der Waals surface area contributed by atoms with Crippen molar-refractivity contribution < 1.29 is 9.86 Å². The van der Waals surface area contributed by atoms with Crippen molar-refractivity contribution in [2.75, 3.05) is 6.54 Å². The Labute approximate surface area is 117 Å². The van der Waals surface area contributed by atoms with Gasteiger partial charge in [-0.2, -0.15) is 0 Å². The summed E-state index contributed by atoms with van der Waals surface area (Å²) in [7, 11) is 0. The summed E-state index contributed by atoms with van der Waals surface area (Å²) in [4.78, 5) is 13.9. The van der Waals surface area contributed by atoms with E-state index in [0.717, 1.165) is 32.2 Å². The van der Waals surface area contributed by atoms with Crippen LogP contribution in [0.15, 0.2) is 0 Å². The Morgan fingerprint density at radius 1 is 1.26 bits per heavy atom. The maximum absolute atomic E-state index is 12.4. The first-order valence-electron chi connectivity index (χ1n) is 7.44. The summed E-state index contributed by atoms with van der Waals surface area (Å²) >= 11 is 0. The number of carbonyl (C=O) groups is 1. The van der Waals surface area contributed by atoms with Crippen LogP contribution in [0.4, 0.5) is 0 Å². The molecule has 0 atom stereocenters. The molecule has 4 nitrogen and oxygen atoms in total. The van der Waals surface area contributed by atoms with E-state index >= 15 is 0 Å². The highest BCUT2D eigenvalue weighted by Crippen LogP contribution is 2.27. The highest BCUT2D eigenvalue weighted by molar-refractivity contribution is 5.73. The van der Waals surface area contributed by atoms with Crippen LogP contribution in [0.3, 0.4) is 0 Å². The topological polar surface area (TPSA) is 47.8 Å². The quantitative estimate of drug-likeness (QED) is 0.791. The second-order valence-corrected chi connectivity index (χ2v) is 7.22. The minimum absolute atomic E-state index is 0.138. The molecule has 19 heavy (non-hydrogen) atoms. The van der Waals surface area contributed by atoms with Crippen LogP contribution in [-0.4, -0.2) is 34.5 Å². The zero-order valence-corrected chi connectivity index (χ0v) is 13.4. The Bertz CT molecular complexity index is 308. The maximum atomic E-state index is 12.4. The number of unbranched alkanes of at least 4 members (excludes halogenated alkanes) is 1. The van der Waals surface area contributed by atoms with E-state index in [-0.39, 0.29) is 23.0 Å². The SMILES string of the molecule is CCCCN(C(C)=O)C1CC(C)(C)[NH+]([O-])C(C)(C)C1. The van der Waals surface area contributed by atoms with E-state index in [0.29, 0.717) is 5.06 Å². The summed E-state index contributed by atoms with van der Waals surface area (Å²) in [6, 6.07) is 0.201. The average molecular weight is 270 g/mol. The van der Waals surface area contributed by atoms with Crippen LogP contribution in [-0.2, 0) is 4.79 Å². The van der Waals surface area contributed by atoms with Gasteiger partial charge in [0, 0.05) is 32.4 Å². The molecule has 0 aromatic rings. The number of carbonyl (C=O) groups excluding carboxylic acids is 1. The molecule has 1 aliphatic rings. The standard InChI is InChI=1S/C15H30N2O2/c1-7-8-9-16(12(2)18)13-10-14(3,4)17(19)15(5,6)11-13/h13,17H,7-11H2,1-6H3. The molecular weight excluding hydrogens is 240 g/mol. The predicted molar refractivity (Wildman–Crippen MR) is 77.8 cm³/mol.